The highest BCUT2D eigenvalue weighted by atomic mass is 16.5. The van der Waals surface area contributed by atoms with E-state index >= 15 is 0 Å². The van der Waals surface area contributed by atoms with E-state index in [0.29, 0.717) is 19.4 Å². The molecule has 0 bridgehead atoms. The molecule has 0 saturated carbocycles. The van der Waals surface area contributed by atoms with Crippen LogP contribution in [0.4, 0.5) is 4.79 Å². The van der Waals surface area contributed by atoms with Gasteiger partial charge < -0.3 is 20.1 Å². The number of ether oxygens (including phenoxy) is 1. The van der Waals surface area contributed by atoms with E-state index in [1.807, 2.05) is 31.2 Å². The Kier molecular flexibility index (Phi) is 6.96. The summed E-state index contributed by atoms with van der Waals surface area (Å²) in [7, 11) is 0. The van der Waals surface area contributed by atoms with Gasteiger partial charge in [-0.25, -0.2) is 4.79 Å². The fourth-order valence-corrected chi connectivity index (χ4v) is 5.01. The third-order valence-electron chi connectivity index (χ3n) is 6.69. The number of carbonyl (C=O) groups is 3. The number of likely N-dealkylation sites (tertiary alicyclic amines) is 1. The van der Waals surface area contributed by atoms with Crippen LogP contribution in [0.3, 0.4) is 0 Å². The van der Waals surface area contributed by atoms with Gasteiger partial charge in [-0.1, -0.05) is 55.5 Å². The minimum atomic E-state index is -0.900. The van der Waals surface area contributed by atoms with Gasteiger partial charge in [0.15, 0.2) is 0 Å². The van der Waals surface area contributed by atoms with Crippen molar-refractivity contribution in [3.8, 4) is 11.1 Å². The SMILES string of the molecule is CC[C@@H](CC(=O)N1CCCC1CC(=O)O)NC(=O)OCC1c2ccccc2-c2ccccc21. The molecule has 33 heavy (non-hydrogen) atoms. The number of alkyl carbamates (subject to hydrolysis) is 1. The fraction of sp³-hybridized carbons (Fsp3) is 0.423. The van der Waals surface area contributed by atoms with Crippen molar-refractivity contribution in [3.05, 3.63) is 59.7 Å². The average molecular weight is 451 g/mol. The number of hydrogen-bond donors (Lipinski definition) is 2. The Morgan fingerprint density at radius 2 is 1.73 bits per heavy atom. The summed E-state index contributed by atoms with van der Waals surface area (Å²) in [5.41, 5.74) is 4.63. The highest BCUT2D eigenvalue weighted by Crippen LogP contribution is 2.44. The van der Waals surface area contributed by atoms with Gasteiger partial charge in [0.05, 0.1) is 6.42 Å². The van der Waals surface area contributed by atoms with Gasteiger partial charge >= 0.3 is 12.1 Å². The highest BCUT2D eigenvalue weighted by molar-refractivity contribution is 5.80. The average Bonchev–Trinajstić information content (AvgIpc) is 3.39. The van der Waals surface area contributed by atoms with Crippen LogP contribution in [-0.2, 0) is 14.3 Å². The van der Waals surface area contributed by atoms with Gasteiger partial charge in [0.25, 0.3) is 0 Å². The van der Waals surface area contributed by atoms with Crippen molar-refractivity contribution in [2.45, 2.75) is 57.0 Å². The molecule has 1 saturated heterocycles. The van der Waals surface area contributed by atoms with E-state index in [4.69, 9.17) is 9.84 Å². The lowest BCUT2D eigenvalue weighted by atomic mass is 9.98. The smallest absolute Gasteiger partial charge is 0.407 e. The van der Waals surface area contributed by atoms with E-state index in [1.165, 1.54) is 11.1 Å². The number of aliphatic carboxylic acids is 1. The van der Waals surface area contributed by atoms with Gasteiger partial charge in [-0.3, -0.25) is 9.59 Å². The monoisotopic (exact) mass is 450 g/mol. The molecule has 4 rings (SSSR count). The van der Waals surface area contributed by atoms with Crippen LogP contribution in [0.1, 0.15) is 56.1 Å². The molecule has 1 heterocycles. The quantitative estimate of drug-likeness (QED) is 0.630. The van der Waals surface area contributed by atoms with Crippen LogP contribution in [0, 0.1) is 0 Å². The first-order valence-corrected chi connectivity index (χ1v) is 11.6. The third kappa shape index (κ3) is 5.02. The number of carboxylic acid groups (broad SMARTS) is 1. The molecule has 0 radical (unpaired) electrons. The van der Waals surface area contributed by atoms with Crippen molar-refractivity contribution in [2.24, 2.45) is 0 Å². The molecular formula is C26H30N2O5. The first kappa shape index (κ1) is 22.8. The van der Waals surface area contributed by atoms with Gasteiger partial charge in [0.1, 0.15) is 6.61 Å². The van der Waals surface area contributed by atoms with Crippen LogP contribution in [0.2, 0.25) is 0 Å². The molecule has 0 aromatic heterocycles. The Bertz CT molecular complexity index is 991. The molecular weight excluding hydrogens is 420 g/mol. The molecule has 2 amide bonds. The third-order valence-corrected chi connectivity index (χ3v) is 6.69. The summed E-state index contributed by atoms with van der Waals surface area (Å²) in [6.45, 7) is 2.69. The number of benzene rings is 2. The Balaban J connectivity index is 1.34. The van der Waals surface area contributed by atoms with Crippen LogP contribution >= 0.6 is 0 Å². The maximum Gasteiger partial charge on any atom is 0.407 e. The zero-order valence-corrected chi connectivity index (χ0v) is 18.8. The predicted octanol–water partition coefficient (Wildman–Crippen LogP) is 4.16. The van der Waals surface area contributed by atoms with E-state index in [2.05, 4.69) is 29.6 Å². The molecule has 1 unspecified atom stereocenters. The minimum Gasteiger partial charge on any atom is -0.481 e. The van der Waals surface area contributed by atoms with E-state index < -0.39 is 12.1 Å². The molecule has 2 atom stereocenters. The predicted molar refractivity (Wildman–Crippen MR) is 124 cm³/mol. The second-order valence-electron chi connectivity index (χ2n) is 8.76. The number of nitrogens with one attached hydrogen (secondary N) is 1. The van der Waals surface area contributed by atoms with Gasteiger partial charge in [0, 0.05) is 31.0 Å². The molecule has 1 aliphatic heterocycles. The van der Waals surface area contributed by atoms with E-state index in [9.17, 15) is 14.4 Å². The summed E-state index contributed by atoms with van der Waals surface area (Å²) in [5.74, 6) is -1.04. The van der Waals surface area contributed by atoms with Crippen molar-refractivity contribution >= 4 is 18.0 Å². The largest absolute Gasteiger partial charge is 0.481 e. The maximum absolute atomic E-state index is 12.8. The van der Waals surface area contributed by atoms with Crippen molar-refractivity contribution < 1.29 is 24.2 Å². The summed E-state index contributed by atoms with van der Waals surface area (Å²) in [6.07, 6.45) is 1.64. The Morgan fingerprint density at radius 3 is 2.33 bits per heavy atom. The summed E-state index contributed by atoms with van der Waals surface area (Å²) < 4.78 is 5.60. The first-order chi connectivity index (χ1) is 16.0. The van der Waals surface area contributed by atoms with E-state index in [-0.39, 0.29) is 43.4 Å². The molecule has 0 spiro atoms. The standard InChI is InChI=1S/C26H30N2O5/c1-2-17(14-24(29)28-13-7-8-18(28)15-25(30)31)27-26(32)33-16-23-21-11-5-3-9-19(21)20-10-4-6-12-22(20)23/h3-6,9-12,17-18,23H,2,7-8,13-16H2,1H3,(H,27,32)(H,30,31)/t17-,18?/m0/s1. The van der Waals surface area contributed by atoms with Crippen LogP contribution < -0.4 is 5.32 Å². The molecule has 174 valence electrons. The van der Waals surface area contributed by atoms with Crippen molar-refractivity contribution in [2.75, 3.05) is 13.2 Å². The molecule has 1 aliphatic carbocycles. The van der Waals surface area contributed by atoms with Crippen LogP contribution in [0.5, 0.6) is 0 Å². The zero-order valence-electron chi connectivity index (χ0n) is 18.8. The Morgan fingerprint density at radius 1 is 1.09 bits per heavy atom. The number of nitrogens with zero attached hydrogens (tertiary/aromatic N) is 1. The van der Waals surface area contributed by atoms with Crippen molar-refractivity contribution in [1.82, 2.24) is 10.2 Å². The zero-order chi connectivity index (χ0) is 23.4. The topological polar surface area (TPSA) is 95.9 Å². The van der Waals surface area contributed by atoms with Gasteiger partial charge in [0.2, 0.25) is 5.91 Å². The van der Waals surface area contributed by atoms with Gasteiger partial charge in [-0.15, -0.1) is 0 Å². The lowest BCUT2D eigenvalue weighted by molar-refractivity contribution is -0.140. The lowest BCUT2D eigenvalue weighted by Crippen LogP contribution is -2.43. The highest BCUT2D eigenvalue weighted by Gasteiger charge is 2.32. The van der Waals surface area contributed by atoms with Crippen LogP contribution in [-0.4, -0.2) is 53.2 Å². The Hall–Kier alpha value is -3.35. The number of carbonyl (C=O) groups excluding carboxylic acids is 2. The second-order valence-corrected chi connectivity index (χ2v) is 8.76. The van der Waals surface area contributed by atoms with E-state index in [0.717, 1.165) is 17.5 Å². The molecule has 2 aromatic rings. The normalized spacial score (nSPS) is 17.8. The first-order valence-electron chi connectivity index (χ1n) is 11.6. The molecule has 7 nitrogen and oxygen atoms in total. The van der Waals surface area contributed by atoms with Crippen molar-refractivity contribution in [3.63, 3.8) is 0 Å². The number of amides is 2. The maximum atomic E-state index is 12.8. The van der Waals surface area contributed by atoms with Crippen molar-refractivity contribution in [1.29, 1.82) is 0 Å². The summed E-state index contributed by atoms with van der Waals surface area (Å²) in [5, 5.41) is 11.9. The molecule has 2 aliphatic rings. The fourth-order valence-electron chi connectivity index (χ4n) is 5.01. The molecule has 1 fully saturated rings. The number of carboxylic acids is 1. The Labute approximate surface area is 193 Å². The summed E-state index contributed by atoms with van der Waals surface area (Å²) in [4.78, 5) is 38.1. The van der Waals surface area contributed by atoms with Gasteiger partial charge in [-0.05, 0) is 41.5 Å². The number of hydrogen-bond acceptors (Lipinski definition) is 4. The number of fused-ring (bicyclic) bond motifs is 3. The molecule has 2 aromatic carbocycles. The number of rotatable bonds is 8. The van der Waals surface area contributed by atoms with Crippen LogP contribution in [0.25, 0.3) is 11.1 Å². The lowest BCUT2D eigenvalue weighted by Gasteiger charge is -2.26. The minimum absolute atomic E-state index is 0.0220. The molecule has 2 N–H and O–H groups in total. The van der Waals surface area contributed by atoms with Crippen LogP contribution in [0.15, 0.2) is 48.5 Å². The van der Waals surface area contributed by atoms with Gasteiger partial charge in [-0.2, -0.15) is 0 Å². The van der Waals surface area contributed by atoms with E-state index in [1.54, 1.807) is 4.90 Å². The molecule has 7 heteroatoms. The second kappa shape index (κ2) is 10.1. The summed E-state index contributed by atoms with van der Waals surface area (Å²) >= 11 is 0. The summed E-state index contributed by atoms with van der Waals surface area (Å²) in [6, 6.07) is 15.7.